The van der Waals surface area contributed by atoms with Crippen LogP contribution < -0.4 is 11.5 Å². The van der Waals surface area contributed by atoms with E-state index in [0.29, 0.717) is 0 Å². The Morgan fingerprint density at radius 2 is 0.955 bits per heavy atom. The molecular weight excluding hydrogens is 370 g/mol. The van der Waals surface area contributed by atoms with E-state index in [2.05, 4.69) is 0 Å². The number of aromatic hydroxyl groups is 2. The summed E-state index contributed by atoms with van der Waals surface area (Å²) >= 11 is 24.2. The number of hydrogen-bond donors (Lipinski definition) is 4. The predicted octanol–water partition coefficient (Wildman–Crippen LogP) is 4.41. The van der Waals surface area contributed by atoms with Gasteiger partial charge in [0.25, 0.3) is 0 Å². The first-order valence-corrected chi connectivity index (χ1v) is 7.29. The average Bonchev–Trinajstić information content (AvgIpc) is 2.61. The Balaban J connectivity index is 2.69. The van der Waals surface area contributed by atoms with Crippen molar-refractivity contribution in [1.29, 1.82) is 0 Å². The third-order valence-corrected chi connectivity index (χ3v) is 4.10. The zero-order valence-electron chi connectivity index (χ0n) is 14.7. The minimum absolute atomic E-state index is 0.0908. The first kappa shape index (κ1) is 12.5. The zero-order valence-corrected chi connectivity index (χ0v) is 13.7. The molecular formula is C14H12Cl4N2O2. The molecule has 0 fully saturated rings. The number of hydrogen-bond acceptors (Lipinski definition) is 4. The summed E-state index contributed by atoms with van der Waals surface area (Å²) in [7, 11) is 0. The molecule has 2 rings (SSSR count). The fourth-order valence-corrected chi connectivity index (χ4v) is 3.22. The molecule has 2 aromatic carbocycles. The van der Waals surface area contributed by atoms with Gasteiger partial charge in [0.05, 0.1) is 37.7 Å². The van der Waals surface area contributed by atoms with E-state index in [0.717, 1.165) is 0 Å². The fourth-order valence-electron chi connectivity index (χ4n) is 1.88. The monoisotopic (exact) mass is 384 g/mol. The third kappa shape index (κ3) is 3.38. The summed E-state index contributed by atoms with van der Waals surface area (Å²) in [6, 6.07) is -4.70. The number of nitrogens with two attached hydrogens (primary N) is 2. The SMILES string of the molecule is [2H]c1c(O)c([2H])c(Cl)c([C@@H](N)[C@@H](N)c2c(Cl)c([2H])c(O)c([2H])c2Cl)c1Cl. The van der Waals surface area contributed by atoms with Crippen LogP contribution in [0.25, 0.3) is 0 Å². The van der Waals surface area contributed by atoms with Crippen LogP contribution in [0.3, 0.4) is 0 Å². The number of benzene rings is 2. The summed E-state index contributed by atoms with van der Waals surface area (Å²) in [4.78, 5) is 0. The van der Waals surface area contributed by atoms with Gasteiger partial charge in [-0.2, -0.15) is 0 Å². The quantitative estimate of drug-likeness (QED) is 0.629. The van der Waals surface area contributed by atoms with Crippen molar-refractivity contribution >= 4 is 46.4 Å². The smallest absolute Gasteiger partial charge is 0.118 e. The Labute approximate surface area is 152 Å². The van der Waals surface area contributed by atoms with Crippen molar-refractivity contribution in [3.8, 4) is 11.5 Å². The second kappa shape index (κ2) is 6.71. The molecule has 0 unspecified atom stereocenters. The Morgan fingerprint density at radius 3 is 1.18 bits per heavy atom. The minimum atomic E-state index is -1.25. The van der Waals surface area contributed by atoms with Gasteiger partial charge in [-0.25, -0.2) is 0 Å². The van der Waals surface area contributed by atoms with E-state index in [1.54, 1.807) is 0 Å². The predicted molar refractivity (Wildman–Crippen MR) is 90.1 cm³/mol. The van der Waals surface area contributed by atoms with E-state index in [4.69, 9.17) is 63.4 Å². The normalized spacial score (nSPS) is 16.5. The first-order chi connectivity index (χ1) is 11.9. The summed E-state index contributed by atoms with van der Waals surface area (Å²) in [5.41, 5.74) is 12.0. The largest absolute Gasteiger partial charge is 0.508 e. The molecule has 0 bridgehead atoms. The van der Waals surface area contributed by atoms with Crippen molar-refractivity contribution in [2.24, 2.45) is 11.5 Å². The van der Waals surface area contributed by atoms with Crippen molar-refractivity contribution in [3.63, 3.8) is 0 Å². The van der Waals surface area contributed by atoms with Crippen molar-refractivity contribution < 1.29 is 15.7 Å². The molecule has 6 N–H and O–H groups in total. The molecule has 2 atom stereocenters. The van der Waals surface area contributed by atoms with Gasteiger partial charge in [0.15, 0.2) is 0 Å². The highest BCUT2D eigenvalue weighted by molar-refractivity contribution is 6.37. The minimum Gasteiger partial charge on any atom is -0.508 e. The van der Waals surface area contributed by atoms with Gasteiger partial charge in [-0.15, -0.1) is 0 Å². The number of halogens is 4. The lowest BCUT2D eigenvalue weighted by atomic mass is 9.94. The van der Waals surface area contributed by atoms with Gasteiger partial charge < -0.3 is 21.7 Å². The van der Waals surface area contributed by atoms with E-state index in [1.165, 1.54) is 0 Å². The van der Waals surface area contributed by atoms with E-state index >= 15 is 0 Å². The van der Waals surface area contributed by atoms with Crippen LogP contribution in [0.15, 0.2) is 24.2 Å². The summed E-state index contributed by atoms with van der Waals surface area (Å²) < 4.78 is 31.0. The second-order valence-corrected chi connectivity index (χ2v) is 5.84. The molecule has 0 radical (unpaired) electrons. The van der Waals surface area contributed by atoms with Gasteiger partial charge in [-0.1, -0.05) is 46.4 Å². The highest BCUT2D eigenvalue weighted by atomic mass is 35.5. The molecule has 0 aliphatic heterocycles. The topological polar surface area (TPSA) is 92.5 Å². The van der Waals surface area contributed by atoms with Crippen LogP contribution >= 0.6 is 46.4 Å². The molecule has 0 spiro atoms. The van der Waals surface area contributed by atoms with Crippen LogP contribution in [-0.4, -0.2) is 10.2 Å². The maximum absolute atomic E-state index is 9.69. The van der Waals surface area contributed by atoms with Crippen LogP contribution in [0.1, 0.15) is 28.7 Å². The van der Waals surface area contributed by atoms with Crippen LogP contribution in [-0.2, 0) is 0 Å². The van der Waals surface area contributed by atoms with Crippen molar-refractivity contribution in [2.75, 3.05) is 0 Å². The van der Waals surface area contributed by atoms with Crippen molar-refractivity contribution in [1.82, 2.24) is 0 Å². The highest BCUT2D eigenvalue weighted by Gasteiger charge is 2.26. The molecule has 0 saturated carbocycles. The van der Waals surface area contributed by atoms with E-state index in [-0.39, 0.29) is 31.2 Å². The molecule has 8 heteroatoms. The first-order valence-electron chi connectivity index (χ1n) is 7.78. The maximum atomic E-state index is 9.69. The molecule has 0 heterocycles. The van der Waals surface area contributed by atoms with Gasteiger partial charge >= 0.3 is 0 Å². The average molecular weight is 386 g/mol. The molecule has 118 valence electrons. The molecule has 22 heavy (non-hydrogen) atoms. The van der Waals surface area contributed by atoms with Gasteiger partial charge in [0.2, 0.25) is 0 Å². The Bertz CT molecular complexity index is 782. The Hall–Kier alpha value is -0.880. The Kier molecular flexibility index (Phi) is 3.82. The molecule has 0 aliphatic rings. The van der Waals surface area contributed by atoms with Gasteiger partial charge in [-0.05, 0) is 24.2 Å². The summed E-state index contributed by atoms with van der Waals surface area (Å²) in [6.45, 7) is 0. The number of rotatable bonds is 3. The molecule has 0 aromatic heterocycles. The van der Waals surface area contributed by atoms with Gasteiger partial charge in [-0.3, -0.25) is 0 Å². The lowest BCUT2D eigenvalue weighted by molar-refractivity contribution is 0.473. The fraction of sp³-hybridized carbons (Fsp3) is 0.143. The Morgan fingerprint density at radius 1 is 0.727 bits per heavy atom. The van der Waals surface area contributed by atoms with Crippen LogP contribution in [0.4, 0.5) is 0 Å². The number of phenolic OH excluding ortho intramolecular Hbond substituents is 2. The van der Waals surface area contributed by atoms with E-state index in [1.807, 2.05) is 0 Å². The molecule has 0 amide bonds. The standard InChI is InChI=1S/C14H12Cl4N2O2/c15-7-1-5(21)2-8(16)11(7)13(19)14(20)12-9(17)3-6(22)4-10(12)18/h1-4,13-14,21-22H,19-20H2/t13-,14+/i1D,2D,3D,4D. The highest BCUT2D eigenvalue weighted by Crippen LogP contribution is 2.41. The third-order valence-electron chi connectivity index (χ3n) is 2.91. The zero-order chi connectivity index (χ0) is 20.1. The van der Waals surface area contributed by atoms with E-state index in [9.17, 15) is 10.2 Å². The van der Waals surface area contributed by atoms with E-state index < -0.39 is 47.8 Å². The van der Waals surface area contributed by atoms with Crippen LogP contribution in [0.2, 0.25) is 20.1 Å². The van der Waals surface area contributed by atoms with Crippen molar-refractivity contribution in [3.05, 3.63) is 55.4 Å². The lowest BCUT2D eigenvalue weighted by Gasteiger charge is -2.24. The van der Waals surface area contributed by atoms with Gasteiger partial charge in [0.1, 0.15) is 11.5 Å². The van der Waals surface area contributed by atoms with Crippen LogP contribution in [0.5, 0.6) is 11.5 Å². The molecule has 0 saturated heterocycles. The number of phenols is 2. The van der Waals surface area contributed by atoms with Crippen molar-refractivity contribution in [2.45, 2.75) is 12.1 Å². The second-order valence-electron chi connectivity index (χ2n) is 4.33. The molecule has 2 aromatic rings. The molecule has 0 aliphatic carbocycles. The maximum Gasteiger partial charge on any atom is 0.118 e. The summed E-state index contributed by atoms with van der Waals surface area (Å²) in [5, 5.41) is 18.1. The summed E-state index contributed by atoms with van der Waals surface area (Å²) in [6.07, 6.45) is 0. The molecule has 4 nitrogen and oxygen atoms in total. The van der Waals surface area contributed by atoms with Gasteiger partial charge in [0, 0.05) is 11.1 Å². The lowest BCUT2D eigenvalue weighted by Crippen LogP contribution is -2.27. The summed E-state index contributed by atoms with van der Waals surface area (Å²) in [5.74, 6) is -1.43. The van der Waals surface area contributed by atoms with Crippen LogP contribution in [0, 0.1) is 0 Å².